The number of halogens is 1. The van der Waals surface area contributed by atoms with E-state index in [-0.39, 0.29) is 23.6 Å². The molecule has 0 N–H and O–H groups in total. The van der Waals surface area contributed by atoms with Crippen LogP contribution in [0.25, 0.3) is 11.0 Å². The van der Waals surface area contributed by atoms with Crippen molar-refractivity contribution in [3.8, 4) is 0 Å². The lowest BCUT2D eigenvalue weighted by Crippen LogP contribution is -2.46. The largest absolute Gasteiger partial charge is 0.429 e. The second kappa shape index (κ2) is 10.5. The third-order valence-corrected chi connectivity index (χ3v) is 6.77. The molecule has 0 radical (unpaired) electrons. The van der Waals surface area contributed by atoms with Crippen LogP contribution in [0.5, 0.6) is 0 Å². The van der Waals surface area contributed by atoms with Gasteiger partial charge < -0.3 is 19.1 Å². The first-order valence-electron chi connectivity index (χ1n) is 12.4. The van der Waals surface area contributed by atoms with Gasteiger partial charge in [-0.1, -0.05) is 30.8 Å². The SMILES string of the molecule is C=C(C)OC(=O)n1c(N(C)C2CCN(c3nc4ccccc4n3Cc3ccc(F)cc3)CC2)nccc1=O. The van der Waals surface area contributed by atoms with Crippen LogP contribution in [0.4, 0.5) is 21.1 Å². The zero-order valence-electron chi connectivity index (χ0n) is 21.4. The Bertz CT molecular complexity index is 1540. The summed E-state index contributed by atoms with van der Waals surface area (Å²) in [4.78, 5) is 38.4. The van der Waals surface area contributed by atoms with Gasteiger partial charge in [-0.05, 0) is 49.6 Å². The zero-order chi connectivity index (χ0) is 26.8. The van der Waals surface area contributed by atoms with Gasteiger partial charge in [-0.2, -0.15) is 4.57 Å². The zero-order valence-corrected chi connectivity index (χ0v) is 21.4. The molecule has 5 rings (SSSR count). The van der Waals surface area contributed by atoms with E-state index in [1.165, 1.54) is 24.4 Å². The molecule has 38 heavy (non-hydrogen) atoms. The number of carbonyl (C=O) groups is 1. The van der Waals surface area contributed by atoms with Crippen LogP contribution < -0.4 is 15.4 Å². The molecule has 0 bridgehead atoms. The summed E-state index contributed by atoms with van der Waals surface area (Å²) >= 11 is 0. The third-order valence-electron chi connectivity index (χ3n) is 6.77. The molecule has 196 valence electrons. The number of para-hydroxylation sites is 2. The summed E-state index contributed by atoms with van der Waals surface area (Å²) < 4.78 is 21.7. The summed E-state index contributed by atoms with van der Waals surface area (Å²) in [6.07, 6.45) is 2.09. The minimum absolute atomic E-state index is 0.0411. The van der Waals surface area contributed by atoms with E-state index < -0.39 is 11.7 Å². The van der Waals surface area contributed by atoms with Gasteiger partial charge >= 0.3 is 6.09 Å². The lowest BCUT2D eigenvalue weighted by Gasteiger charge is -2.38. The van der Waals surface area contributed by atoms with Crippen molar-refractivity contribution in [2.24, 2.45) is 0 Å². The molecule has 1 aliphatic heterocycles. The maximum atomic E-state index is 13.5. The van der Waals surface area contributed by atoms with E-state index in [9.17, 15) is 14.0 Å². The summed E-state index contributed by atoms with van der Waals surface area (Å²) in [6, 6.07) is 15.8. The average molecular weight is 517 g/mol. The van der Waals surface area contributed by atoms with E-state index in [2.05, 4.69) is 21.0 Å². The first-order valence-corrected chi connectivity index (χ1v) is 12.4. The monoisotopic (exact) mass is 516 g/mol. The van der Waals surface area contributed by atoms with Crippen LogP contribution in [-0.4, -0.2) is 51.4 Å². The molecule has 1 saturated heterocycles. The van der Waals surface area contributed by atoms with Crippen LogP contribution >= 0.6 is 0 Å². The van der Waals surface area contributed by atoms with Gasteiger partial charge in [0.05, 0.1) is 23.3 Å². The van der Waals surface area contributed by atoms with Crippen LogP contribution in [0.1, 0.15) is 25.3 Å². The van der Waals surface area contributed by atoms with Gasteiger partial charge in [0.15, 0.2) is 0 Å². The molecule has 0 aliphatic carbocycles. The molecule has 0 amide bonds. The standard InChI is InChI=1S/C28H29FN6O3/c1-19(2)38-28(37)35-25(36)12-15-30-26(35)32(3)22-13-16-33(17-14-22)27-31-23-6-4-5-7-24(23)34(27)18-20-8-10-21(29)11-9-20/h4-12,15,22H,1,13-14,16-18H2,2-3H3. The number of rotatable bonds is 6. The van der Waals surface area contributed by atoms with Crippen molar-refractivity contribution in [2.75, 3.05) is 29.9 Å². The minimum Gasteiger partial charge on any atom is -0.415 e. The van der Waals surface area contributed by atoms with E-state index in [0.29, 0.717) is 6.54 Å². The lowest BCUT2D eigenvalue weighted by molar-refractivity contribution is 0.177. The van der Waals surface area contributed by atoms with Gasteiger partial charge in [-0.3, -0.25) is 4.79 Å². The van der Waals surface area contributed by atoms with Crippen molar-refractivity contribution >= 4 is 29.0 Å². The van der Waals surface area contributed by atoms with Gasteiger partial charge in [-0.15, -0.1) is 0 Å². The Morgan fingerprint density at radius 2 is 1.84 bits per heavy atom. The number of ether oxygens (including phenoxy) is 1. The quantitative estimate of drug-likeness (QED) is 0.351. The molecule has 0 atom stereocenters. The summed E-state index contributed by atoms with van der Waals surface area (Å²) in [6.45, 7) is 7.13. The van der Waals surface area contributed by atoms with E-state index in [4.69, 9.17) is 9.72 Å². The maximum absolute atomic E-state index is 13.5. The van der Waals surface area contributed by atoms with Crippen molar-refractivity contribution < 1.29 is 13.9 Å². The van der Waals surface area contributed by atoms with Gasteiger partial charge in [-0.25, -0.2) is 19.2 Å². The molecular formula is C28H29FN6O3. The number of carbonyl (C=O) groups excluding carboxylic acids is 1. The molecule has 2 aromatic carbocycles. The molecule has 0 unspecified atom stereocenters. The summed E-state index contributed by atoms with van der Waals surface area (Å²) in [5, 5.41) is 0. The van der Waals surface area contributed by atoms with Crippen LogP contribution in [0.15, 0.2) is 77.9 Å². The number of hydrogen-bond donors (Lipinski definition) is 0. The van der Waals surface area contributed by atoms with Crippen molar-refractivity contribution in [2.45, 2.75) is 32.4 Å². The fraction of sp³-hybridized carbons (Fsp3) is 0.286. The number of imidazole rings is 1. The minimum atomic E-state index is -0.829. The van der Waals surface area contributed by atoms with E-state index in [0.717, 1.165) is 53.0 Å². The Morgan fingerprint density at radius 3 is 2.55 bits per heavy atom. The Hall–Kier alpha value is -4.47. The molecule has 1 fully saturated rings. The molecule has 4 aromatic rings. The first kappa shape index (κ1) is 25.2. The highest BCUT2D eigenvalue weighted by atomic mass is 19.1. The third kappa shape index (κ3) is 5.02. The summed E-state index contributed by atoms with van der Waals surface area (Å²) in [5.41, 5.74) is 2.39. The maximum Gasteiger partial charge on any atom is 0.429 e. The summed E-state index contributed by atoms with van der Waals surface area (Å²) in [5.74, 6) is 1.01. The molecular weight excluding hydrogens is 487 g/mol. The Labute approximate surface area is 219 Å². The van der Waals surface area contributed by atoms with Crippen LogP contribution in [0.2, 0.25) is 0 Å². The first-order chi connectivity index (χ1) is 18.3. The van der Waals surface area contributed by atoms with Crippen molar-refractivity contribution in [1.29, 1.82) is 0 Å². The fourth-order valence-corrected chi connectivity index (χ4v) is 4.86. The average Bonchev–Trinajstić information content (AvgIpc) is 3.27. The number of nitrogens with zero attached hydrogens (tertiary/aromatic N) is 6. The molecule has 2 aromatic heterocycles. The van der Waals surface area contributed by atoms with Crippen LogP contribution in [0.3, 0.4) is 0 Å². The van der Waals surface area contributed by atoms with Gasteiger partial charge in [0.1, 0.15) is 5.82 Å². The number of hydrogen-bond acceptors (Lipinski definition) is 7. The normalized spacial score (nSPS) is 14.0. The van der Waals surface area contributed by atoms with E-state index >= 15 is 0 Å². The molecule has 3 heterocycles. The smallest absolute Gasteiger partial charge is 0.415 e. The van der Waals surface area contributed by atoms with Gasteiger partial charge in [0, 0.05) is 38.4 Å². The van der Waals surface area contributed by atoms with Crippen molar-refractivity contribution in [3.05, 3.63) is 94.9 Å². The number of piperidine rings is 1. The van der Waals surface area contributed by atoms with E-state index in [1.54, 1.807) is 19.1 Å². The second-order valence-corrected chi connectivity index (χ2v) is 9.43. The highest BCUT2D eigenvalue weighted by Crippen LogP contribution is 2.28. The topological polar surface area (TPSA) is 85.5 Å². The second-order valence-electron chi connectivity index (χ2n) is 9.43. The molecule has 0 saturated carbocycles. The number of allylic oxidation sites excluding steroid dienone is 1. The lowest BCUT2D eigenvalue weighted by atomic mass is 10.0. The predicted molar refractivity (Wildman–Crippen MR) is 144 cm³/mol. The van der Waals surface area contributed by atoms with Crippen LogP contribution in [-0.2, 0) is 11.3 Å². The van der Waals surface area contributed by atoms with E-state index in [1.807, 2.05) is 36.2 Å². The predicted octanol–water partition coefficient (Wildman–Crippen LogP) is 4.40. The molecule has 9 nitrogen and oxygen atoms in total. The number of aromatic nitrogens is 4. The number of fused-ring (bicyclic) bond motifs is 1. The number of anilines is 2. The van der Waals surface area contributed by atoms with Gasteiger partial charge in [0.25, 0.3) is 5.56 Å². The van der Waals surface area contributed by atoms with Crippen molar-refractivity contribution in [3.63, 3.8) is 0 Å². The number of benzene rings is 2. The molecule has 10 heteroatoms. The molecule has 1 aliphatic rings. The Kier molecular flexibility index (Phi) is 6.95. The van der Waals surface area contributed by atoms with Crippen LogP contribution in [0, 0.1) is 5.82 Å². The highest BCUT2D eigenvalue weighted by Gasteiger charge is 2.29. The summed E-state index contributed by atoms with van der Waals surface area (Å²) in [7, 11) is 1.83. The molecule has 0 spiro atoms. The Balaban J connectivity index is 1.37. The fourth-order valence-electron chi connectivity index (χ4n) is 4.86. The highest BCUT2D eigenvalue weighted by molar-refractivity contribution is 5.79. The Morgan fingerprint density at radius 1 is 1.13 bits per heavy atom. The van der Waals surface area contributed by atoms with Crippen molar-refractivity contribution in [1.82, 2.24) is 19.1 Å². The van der Waals surface area contributed by atoms with Gasteiger partial charge in [0.2, 0.25) is 11.9 Å².